The van der Waals surface area contributed by atoms with Gasteiger partial charge in [0.2, 0.25) is 0 Å². The monoisotopic (exact) mass is 385 g/mol. The maximum Gasteiger partial charge on any atom is 0.164 e. The smallest absolute Gasteiger partial charge is 0.164 e. The van der Waals surface area contributed by atoms with Crippen molar-refractivity contribution in [1.29, 1.82) is 5.26 Å². The minimum absolute atomic E-state index is 0.425. The van der Waals surface area contributed by atoms with Gasteiger partial charge in [-0.05, 0) is 54.5 Å². The molecule has 1 aliphatic heterocycles. The first kappa shape index (κ1) is 19.2. The van der Waals surface area contributed by atoms with Gasteiger partial charge < -0.3 is 9.88 Å². The molecule has 3 aromatic rings. The van der Waals surface area contributed by atoms with Crippen LogP contribution in [0.4, 0.5) is 5.69 Å². The van der Waals surface area contributed by atoms with Crippen molar-refractivity contribution >= 4 is 5.69 Å². The van der Waals surface area contributed by atoms with E-state index in [4.69, 9.17) is 5.26 Å². The van der Waals surface area contributed by atoms with Crippen LogP contribution in [-0.4, -0.2) is 21.3 Å². The number of anilines is 1. The second-order valence-electron chi connectivity index (χ2n) is 8.32. The van der Waals surface area contributed by atoms with E-state index in [0.717, 1.165) is 43.1 Å². The molecule has 0 amide bonds. The molecule has 1 aliphatic rings. The molecule has 5 heteroatoms. The van der Waals surface area contributed by atoms with Crippen LogP contribution in [-0.2, 0) is 13.0 Å². The van der Waals surface area contributed by atoms with Gasteiger partial charge in [-0.25, -0.2) is 0 Å². The van der Waals surface area contributed by atoms with E-state index in [1.807, 2.05) is 12.1 Å². The Bertz CT molecular complexity index is 1040. The second kappa shape index (κ2) is 8.08. The van der Waals surface area contributed by atoms with Crippen LogP contribution in [0.3, 0.4) is 0 Å². The van der Waals surface area contributed by atoms with E-state index in [1.54, 1.807) is 0 Å². The molecule has 0 bridgehead atoms. The lowest BCUT2D eigenvalue weighted by Crippen LogP contribution is -2.19. The third-order valence-electron chi connectivity index (χ3n) is 5.67. The van der Waals surface area contributed by atoms with Crippen molar-refractivity contribution in [2.75, 3.05) is 11.9 Å². The van der Waals surface area contributed by atoms with Crippen molar-refractivity contribution in [3.05, 3.63) is 65.0 Å². The molecule has 2 heterocycles. The lowest BCUT2D eigenvalue weighted by atomic mass is 9.89. The van der Waals surface area contributed by atoms with Crippen molar-refractivity contribution in [2.45, 2.75) is 46.1 Å². The third-order valence-corrected chi connectivity index (χ3v) is 5.67. The summed E-state index contributed by atoms with van der Waals surface area (Å²) in [7, 11) is 0. The number of aryl methyl sites for hydroxylation is 1. The third kappa shape index (κ3) is 4.02. The highest BCUT2D eigenvalue weighted by atomic mass is 15.3. The molecular formula is C24H27N5. The zero-order valence-electron chi connectivity index (χ0n) is 17.3. The Morgan fingerprint density at radius 1 is 1.17 bits per heavy atom. The number of hydrogen-bond donors (Lipinski definition) is 1. The fourth-order valence-corrected chi connectivity index (χ4v) is 3.92. The fourth-order valence-electron chi connectivity index (χ4n) is 3.92. The number of hydrogen-bond acceptors (Lipinski definition) is 4. The largest absolute Gasteiger partial charge is 0.385 e. The Morgan fingerprint density at radius 3 is 2.69 bits per heavy atom. The molecule has 0 fully saturated rings. The van der Waals surface area contributed by atoms with Gasteiger partial charge in [-0.3, -0.25) is 0 Å². The van der Waals surface area contributed by atoms with Crippen molar-refractivity contribution in [1.82, 2.24) is 14.8 Å². The van der Waals surface area contributed by atoms with Crippen molar-refractivity contribution in [2.24, 2.45) is 5.92 Å². The van der Waals surface area contributed by atoms with Crippen molar-refractivity contribution < 1.29 is 0 Å². The van der Waals surface area contributed by atoms with E-state index in [1.165, 1.54) is 16.8 Å². The molecule has 0 aliphatic carbocycles. The van der Waals surface area contributed by atoms with Gasteiger partial charge in [-0.1, -0.05) is 38.1 Å². The molecule has 0 spiro atoms. The summed E-state index contributed by atoms with van der Waals surface area (Å²) in [5.41, 5.74) is 5.50. The Morgan fingerprint density at radius 2 is 1.97 bits per heavy atom. The Hall–Kier alpha value is -3.13. The van der Waals surface area contributed by atoms with Crippen LogP contribution in [0.15, 0.2) is 42.5 Å². The van der Waals surface area contributed by atoms with Gasteiger partial charge in [-0.15, -0.1) is 10.2 Å². The van der Waals surface area contributed by atoms with Crippen LogP contribution >= 0.6 is 0 Å². The summed E-state index contributed by atoms with van der Waals surface area (Å²) >= 11 is 0. The molecular weight excluding hydrogens is 358 g/mol. The molecule has 1 unspecified atom stereocenters. The van der Waals surface area contributed by atoms with Gasteiger partial charge in [0.15, 0.2) is 5.82 Å². The molecule has 1 atom stereocenters. The predicted molar refractivity (Wildman–Crippen MR) is 116 cm³/mol. The van der Waals surface area contributed by atoms with E-state index in [2.05, 4.69) is 77.3 Å². The summed E-state index contributed by atoms with van der Waals surface area (Å²) < 4.78 is 2.26. The first-order chi connectivity index (χ1) is 14.0. The summed E-state index contributed by atoms with van der Waals surface area (Å²) in [5, 5.41) is 21.6. The van der Waals surface area contributed by atoms with Crippen LogP contribution < -0.4 is 5.32 Å². The number of nitrogens with one attached hydrogen (secondary N) is 1. The number of aromatic nitrogens is 3. The SMILES string of the molecule is Cc1ccc(-c2nnc3n2CCC(c2ccc(C#N)cc2)C3)cc1NCC(C)C. The van der Waals surface area contributed by atoms with Crippen LogP contribution in [0.25, 0.3) is 11.4 Å². The predicted octanol–water partition coefficient (Wildman–Crippen LogP) is 4.92. The first-order valence-electron chi connectivity index (χ1n) is 10.3. The number of benzene rings is 2. The average Bonchev–Trinajstić information content (AvgIpc) is 3.16. The highest BCUT2D eigenvalue weighted by Crippen LogP contribution is 2.32. The molecule has 1 aromatic heterocycles. The zero-order chi connectivity index (χ0) is 20.4. The van der Waals surface area contributed by atoms with E-state index in [-0.39, 0.29) is 0 Å². The maximum absolute atomic E-state index is 9.00. The molecule has 5 nitrogen and oxygen atoms in total. The lowest BCUT2D eigenvalue weighted by Gasteiger charge is -2.24. The van der Waals surface area contributed by atoms with E-state index >= 15 is 0 Å². The molecule has 4 rings (SSSR count). The van der Waals surface area contributed by atoms with E-state index < -0.39 is 0 Å². The number of fused-ring (bicyclic) bond motifs is 1. The number of nitriles is 1. The summed E-state index contributed by atoms with van der Waals surface area (Å²) in [6, 6.07) is 16.6. The Labute approximate surface area is 172 Å². The quantitative estimate of drug-likeness (QED) is 0.677. The van der Waals surface area contributed by atoms with Crippen LogP contribution in [0.1, 0.15) is 48.7 Å². The van der Waals surface area contributed by atoms with Gasteiger partial charge in [0.25, 0.3) is 0 Å². The van der Waals surface area contributed by atoms with Crippen LogP contribution in [0, 0.1) is 24.2 Å². The highest BCUT2D eigenvalue weighted by Gasteiger charge is 2.25. The van der Waals surface area contributed by atoms with Gasteiger partial charge in [0, 0.05) is 30.8 Å². The van der Waals surface area contributed by atoms with Gasteiger partial charge >= 0.3 is 0 Å². The lowest BCUT2D eigenvalue weighted by molar-refractivity contribution is 0.468. The molecule has 148 valence electrons. The van der Waals surface area contributed by atoms with Crippen LogP contribution in [0.5, 0.6) is 0 Å². The van der Waals surface area contributed by atoms with E-state index in [0.29, 0.717) is 17.4 Å². The number of nitrogens with zero attached hydrogens (tertiary/aromatic N) is 4. The van der Waals surface area contributed by atoms with Crippen molar-refractivity contribution in [3.8, 4) is 17.5 Å². The van der Waals surface area contributed by atoms with E-state index in [9.17, 15) is 0 Å². The minimum atomic E-state index is 0.425. The first-order valence-corrected chi connectivity index (χ1v) is 10.3. The normalized spacial score (nSPS) is 15.8. The second-order valence-corrected chi connectivity index (χ2v) is 8.32. The van der Waals surface area contributed by atoms with Gasteiger partial charge in [0.05, 0.1) is 11.6 Å². The van der Waals surface area contributed by atoms with Crippen molar-refractivity contribution in [3.63, 3.8) is 0 Å². The maximum atomic E-state index is 9.00. The fraction of sp³-hybridized carbons (Fsp3) is 0.375. The minimum Gasteiger partial charge on any atom is -0.385 e. The van der Waals surface area contributed by atoms with Crippen LogP contribution in [0.2, 0.25) is 0 Å². The zero-order valence-corrected chi connectivity index (χ0v) is 17.3. The summed E-state index contributed by atoms with van der Waals surface area (Å²) in [6.45, 7) is 8.42. The molecule has 0 radical (unpaired) electrons. The summed E-state index contributed by atoms with van der Waals surface area (Å²) in [5.74, 6) is 3.01. The number of rotatable bonds is 5. The summed E-state index contributed by atoms with van der Waals surface area (Å²) in [4.78, 5) is 0. The molecule has 0 saturated heterocycles. The Kier molecular flexibility index (Phi) is 5.35. The van der Waals surface area contributed by atoms with Gasteiger partial charge in [0.1, 0.15) is 5.82 Å². The highest BCUT2D eigenvalue weighted by molar-refractivity contribution is 5.65. The molecule has 2 aromatic carbocycles. The summed E-state index contributed by atoms with van der Waals surface area (Å²) in [6.07, 6.45) is 1.93. The molecule has 0 saturated carbocycles. The Balaban J connectivity index is 1.56. The average molecular weight is 386 g/mol. The standard InChI is InChI=1S/C24H27N5/c1-16(2)15-26-22-12-21(7-4-17(22)3)24-28-27-23-13-20(10-11-29(23)24)19-8-5-18(14-25)6-9-19/h4-9,12,16,20,26H,10-11,13,15H2,1-3H3. The topological polar surface area (TPSA) is 66.5 Å². The molecule has 1 N–H and O–H groups in total. The molecule has 29 heavy (non-hydrogen) atoms. The van der Waals surface area contributed by atoms with Gasteiger partial charge in [-0.2, -0.15) is 5.26 Å².